The number of allylic oxidation sites excluding steroid dienone is 1. The molecule has 1 aromatic carbocycles. The zero-order valence-corrected chi connectivity index (χ0v) is 10.7. The molecule has 0 aliphatic carbocycles. The molecule has 0 atom stereocenters. The van der Waals surface area contributed by atoms with Crippen molar-refractivity contribution in [2.24, 2.45) is 0 Å². The molecule has 0 amide bonds. The van der Waals surface area contributed by atoms with Crippen LogP contribution in [-0.4, -0.2) is 6.54 Å². The second-order valence-corrected chi connectivity index (χ2v) is 4.40. The van der Waals surface area contributed by atoms with Crippen molar-refractivity contribution in [3.63, 3.8) is 0 Å². The Labute approximate surface area is 107 Å². The Morgan fingerprint density at radius 1 is 1.35 bits per heavy atom. The van der Waals surface area contributed by atoms with E-state index in [9.17, 15) is 13.2 Å². The average molecular weight is 308 g/mol. The highest BCUT2D eigenvalue weighted by molar-refractivity contribution is 9.10. The van der Waals surface area contributed by atoms with E-state index in [1.54, 1.807) is 6.08 Å². The van der Waals surface area contributed by atoms with Crippen LogP contribution >= 0.6 is 15.9 Å². The second kappa shape index (κ2) is 6.10. The van der Waals surface area contributed by atoms with Crippen LogP contribution in [0.2, 0.25) is 0 Å². The monoisotopic (exact) mass is 307 g/mol. The topological polar surface area (TPSA) is 12.0 Å². The highest BCUT2D eigenvalue weighted by Gasteiger charge is 2.30. The third-order valence-corrected chi connectivity index (χ3v) is 2.89. The molecule has 1 rings (SSSR count). The molecule has 94 valence electrons. The molecule has 1 aromatic rings. The SMILES string of the molecule is C=CCCCNc1cc(C(F)(F)F)ccc1Br. The predicted octanol–water partition coefficient (Wildman–Crippen LogP) is 4.85. The van der Waals surface area contributed by atoms with Crippen molar-refractivity contribution in [3.05, 3.63) is 40.9 Å². The Kier molecular flexibility index (Phi) is 5.05. The molecule has 0 heterocycles. The van der Waals surface area contributed by atoms with Gasteiger partial charge in [0.2, 0.25) is 0 Å². The fraction of sp³-hybridized carbons (Fsp3) is 0.333. The first kappa shape index (κ1) is 14.1. The van der Waals surface area contributed by atoms with Gasteiger partial charge in [-0.25, -0.2) is 0 Å². The van der Waals surface area contributed by atoms with Gasteiger partial charge in [0.15, 0.2) is 0 Å². The summed E-state index contributed by atoms with van der Waals surface area (Å²) in [6.45, 7) is 4.20. The fourth-order valence-corrected chi connectivity index (χ4v) is 1.69. The number of anilines is 1. The molecule has 5 heteroatoms. The van der Waals surface area contributed by atoms with Gasteiger partial charge in [0.1, 0.15) is 0 Å². The van der Waals surface area contributed by atoms with Crippen molar-refractivity contribution in [1.29, 1.82) is 0 Å². The van der Waals surface area contributed by atoms with Gasteiger partial charge in [-0.3, -0.25) is 0 Å². The summed E-state index contributed by atoms with van der Waals surface area (Å²) < 4.78 is 38.1. The maximum Gasteiger partial charge on any atom is 0.416 e. The van der Waals surface area contributed by atoms with Crippen LogP contribution in [0.25, 0.3) is 0 Å². The van der Waals surface area contributed by atoms with E-state index in [0.29, 0.717) is 16.7 Å². The summed E-state index contributed by atoms with van der Waals surface area (Å²) in [5.41, 5.74) is -0.184. The molecule has 1 N–H and O–H groups in total. The first-order valence-electron chi connectivity index (χ1n) is 5.16. The van der Waals surface area contributed by atoms with Crippen molar-refractivity contribution >= 4 is 21.6 Å². The van der Waals surface area contributed by atoms with Gasteiger partial charge in [-0.05, 0) is 47.0 Å². The lowest BCUT2D eigenvalue weighted by atomic mass is 10.2. The molecule has 0 spiro atoms. The number of alkyl halides is 3. The van der Waals surface area contributed by atoms with E-state index in [4.69, 9.17) is 0 Å². The van der Waals surface area contributed by atoms with Gasteiger partial charge in [-0.1, -0.05) is 6.08 Å². The molecule has 0 radical (unpaired) electrons. The van der Waals surface area contributed by atoms with Crippen LogP contribution in [0.1, 0.15) is 18.4 Å². The van der Waals surface area contributed by atoms with Crippen LogP contribution in [0.15, 0.2) is 35.3 Å². The number of hydrogen-bond donors (Lipinski definition) is 1. The van der Waals surface area contributed by atoms with E-state index in [0.717, 1.165) is 25.0 Å². The van der Waals surface area contributed by atoms with Crippen molar-refractivity contribution in [2.45, 2.75) is 19.0 Å². The largest absolute Gasteiger partial charge is 0.416 e. The minimum absolute atomic E-state index is 0.462. The van der Waals surface area contributed by atoms with Crippen LogP contribution in [-0.2, 0) is 6.18 Å². The molecule has 0 fully saturated rings. The van der Waals surface area contributed by atoms with Crippen molar-refractivity contribution in [3.8, 4) is 0 Å². The smallest absolute Gasteiger partial charge is 0.384 e. The highest BCUT2D eigenvalue weighted by Crippen LogP contribution is 2.33. The van der Waals surface area contributed by atoms with Crippen LogP contribution in [0.3, 0.4) is 0 Å². The quantitative estimate of drug-likeness (QED) is 0.606. The zero-order chi connectivity index (χ0) is 12.9. The highest BCUT2D eigenvalue weighted by atomic mass is 79.9. The number of halogens is 4. The van der Waals surface area contributed by atoms with Gasteiger partial charge in [-0.15, -0.1) is 6.58 Å². The van der Waals surface area contributed by atoms with Gasteiger partial charge < -0.3 is 5.32 Å². The molecule has 17 heavy (non-hydrogen) atoms. The summed E-state index contributed by atoms with van der Waals surface area (Å²) in [6, 6.07) is 3.57. The van der Waals surface area contributed by atoms with E-state index < -0.39 is 11.7 Å². The summed E-state index contributed by atoms with van der Waals surface area (Å²) >= 11 is 3.22. The number of hydrogen-bond acceptors (Lipinski definition) is 1. The maximum atomic E-state index is 12.5. The summed E-state index contributed by atoms with van der Waals surface area (Å²) in [5, 5.41) is 2.97. The summed E-state index contributed by atoms with van der Waals surface area (Å²) in [4.78, 5) is 0. The number of rotatable bonds is 5. The summed E-state index contributed by atoms with van der Waals surface area (Å²) in [6.07, 6.45) is -0.850. The van der Waals surface area contributed by atoms with Crippen molar-refractivity contribution in [2.75, 3.05) is 11.9 Å². The third-order valence-electron chi connectivity index (χ3n) is 2.19. The molecule has 0 saturated carbocycles. The molecule has 0 aliphatic heterocycles. The molecule has 0 bridgehead atoms. The van der Waals surface area contributed by atoms with Crippen molar-refractivity contribution < 1.29 is 13.2 Å². The number of unbranched alkanes of at least 4 members (excludes halogenated alkanes) is 1. The van der Waals surface area contributed by atoms with E-state index in [1.165, 1.54) is 6.07 Å². The van der Waals surface area contributed by atoms with Crippen LogP contribution in [0.4, 0.5) is 18.9 Å². The molecule has 0 saturated heterocycles. The van der Waals surface area contributed by atoms with Gasteiger partial charge in [-0.2, -0.15) is 13.2 Å². The Hall–Kier alpha value is -0.970. The predicted molar refractivity (Wildman–Crippen MR) is 67.1 cm³/mol. The Morgan fingerprint density at radius 2 is 2.06 bits per heavy atom. The zero-order valence-electron chi connectivity index (χ0n) is 9.15. The van der Waals surface area contributed by atoms with Gasteiger partial charge in [0.25, 0.3) is 0 Å². The van der Waals surface area contributed by atoms with Gasteiger partial charge >= 0.3 is 6.18 Å². The normalized spacial score (nSPS) is 11.3. The maximum absolute atomic E-state index is 12.5. The number of nitrogens with one attached hydrogen (secondary N) is 1. The Balaban J connectivity index is 2.73. The van der Waals surface area contributed by atoms with Crippen molar-refractivity contribution in [1.82, 2.24) is 0 Å². The second-order valence-electron chi connectivity index (χ2n) is 3.55. The van der Waals surface area contributed by atoms with E-state index >= 15 is 0 Å². The minimum Gasteiger partial charge on any atom is -0.384 e. The van der Waals surface area contributed by atoms with Gasteiger partial charge in [0, 0.05) is 16.7 Å². The minimum atomic E-state index is -4.31. The van der Waals surface area contributed by atoms with Crippen LogP contribution in [0.5, 0.6) is 0 Å². The Morgan fingerprint density at radius 3 is 2.65 bits per heavy atom. The standard InChI is InChI=1S/C12H13BrF3N/c1-2-3-4-7-17-11-8-9(12(14,15)16)5-6-10(11)13/h2,5-6,8,17H,1,3-4,7H2. The summed E-state index contributed by atoms with van der Waals surface area (Å²) in [5.74, 6) is 0. The third kappa shape index (κ3) is 4.42. The first-order valence-corrected chi connectivity index (χ1v) is 5.96. The molecular formula is C12H13BrF3N. The lowest BCUT2D eigenvalue weighted by molar-refractivity contribution is -0.137. The molecule has 0 aromatic heterocycles. The molecule has 0 aliphatic rings. The van der Waals surface area contributed by atoms with Gasteiger partial charge in [0.05, 0.1) is 5.56 Å². The molecule has 0 unspecified atom stereocenters. The van der Waals surface area contributed by atoms with E-state index in [2.05, 4.69) is 27.8 Å². The first-order chi connectivity index (χ1) is 7.95. The Bertz CT molecular complexity index is 388. The fourth-order valence-electron chi connectivity index (χ4n) is 1.31. The molecular weight excluding hydrogens is 295 g/mol. The lowest BCUT2D eigenvalue weighted by Crippen LogP contribution is -2.07. The lowest BCUT2D eigenvalue weighted by Gasteiger charge is -2.12. The van der Waals surface area contributed by atoms with E-state index in [1.807, 2.05) is 0 Å². The summed E-state index contributed by atoms with van der Waals surface area (Å²) in [7, 11) is 0. The number of benzene rings is 1. The van der Waals surface area contributed by atoms with Crippen LogP contribution in [0, 0.1) is 0 Å². The van der Waals surface area contributed by atoms with E-state index in [-0.39, 0.29) is 0 Å². The van der Waals surface area contributed by atoms with Crippen LogP contribution < -0.4 is 5.32 Å². The average Bonchev–Trinajstić information content (AvgIpc) is 2.25. The molecule has 1 nitrogen and oxygen atoms in total.